The molecule has 1 aliphatic carbocycles. The van der Waals surface area contributed by atoms with Crippen molar-refractivity contribution >= 4 is 17.2 Å². The third kappa shape index (κ3) is 2.57. The Morgan fingerprint density at radius 3 is 3.26 bits per heavy atom. The Kier molecular flexibility index (Phi) is 3.49. The average Bonchev–Trinajstić information content (AvgIpc) is 3.28. The van der Waals surface area contributed by atoms with Crippen LogP contribution < -0.4 is 5.32 Å². The molecular weight excluding hydrogens is 312 g/mol. The first kappa shape index (κ1) is 14.2. The third-order valence-electron chi connectivity index (χ3n) is 4.19. The van der Waals surface area contributed by atoms with E-state index in [1.54, 1.807) is 17.4 Å². The standard InChI is InChI=1S/C16H16N4O2S/c1-20-13-5-2-4-11(10(13)9-17-20)18-16(21)12-8-14(22-19-12)15-6-3-7-23-15/h3,6-9,11H,2,4-5H2,1H3,(H,18,21)/t11-/m0/s1. The van der Waals surface area contributed by atoms with Crippen molar-refractivity contribution in [1.29, 1.82) is 0 Å². The summed E-state index contributed by atoms with van der Waals surface area (Å²) in [6, 6.07) is 5.56. The zero-order valence-electron chi connectivity index (χ0n) is 12.7. The van der Waals surface area contributed by atoms with Crippen molar-refractivity contribution < 1.29 is 9.32 Å². The van der Waals surface area contributed by atoms with Gasteiger partial charge in [0.05, 0.1) is 17.1 Å². The number of nitrogens with one attached hydrogen (secondary N) is 1. The van der Waals surface area contributed by atoms with Gasteiger partial charge in [-0.1, -0.05) is 11.2 Å². The quantitative estimate of drug-likeness (QED) is 0.802. The van der Waals surface area contributed by atoms with Crippen molar-refractivity contribution in [2.24, 2.45) is 7.05 Å². The van der Waals surface area contributed by atoms with Gasteiger partial charge in [-0.3, -0.25) is 9.48 Å². The molecule has 0 saturated carbocycles. The van der Waals surface area contributed by atoms with E-state index in [2.05, 4.69) is 15.6 Å². The van der Waals surface area contributed by atoms with E-state index in [9.17, 15) is 4.79 Å². The summed E-state index contributed by atoms with van der Waals surface area (Å²) in [7, 11) is 1.94. The van der Waals surface area contributed by atoms with Crippen LogP contribution in [-0.4, -0.2) is 20.8 Å². The van der Waals surface area contributed by atoms with Crippen LogP contribution in [0.2, 0.25) is 0 Å². The molecule has 1 aliphatic rings. The summed E-state index contributed by atoms with van der Waals surface area (Å²) < 4.78 is 7.16. The molecule has 0 unspecified atom stereocenters. The molecule has 0 aliphatic heterocycles. The van der Waals surface area contributed by atoms with Crippen molar-refractivity contribution in [3.63, 3.8) is 0 Å². The van der Waals surface area contributed by atoms with Crippen molar-refractivity contribution in [2.45, 2.75) is 25.3 Å². The number of fused-ring (bicyclic) bond motifs is 1. The minimum absolute atomic E-state index is 0.0122. The topological polar surface area (TPSA) is 73.0 Å². The van der Waals surface area contributed by atoms with E-state index in [-0.39, 0.29) is 11.9 Å². The van der Waals surface area contributed by atoms with Crippen molar-refractivity contribution in [3.8, 4) is 10.6 Å². The monoisotopic (exact) mass is 328 g/mol. The molecule has 3 aromatic heterocycles. The number of hydrogen-bond acceptors (Lipinski definition) is 5. The van der Waals surface area contributed by atoms with Gasteiger partial charge >= 0.3 is 0 Å². The summed E-state index contributed by atoms with van der Waals surface area (Å²) in [6.07, 6.45) is 4.81. The number of amides is 1. The molecule has 7 heteroatoms. The number of nitrogens with zero attached hydrogens (tertiary/aromatic N) is 3. The second-order valence-electron chi connectivity index (χ2n) is 5.64. The molecule has 0 spiro atoms. The van der Waals surface area contributed by atoms with Gasteiger partial charge in [-0.2, -0.15) is 5.10 Å². The smallest absolute Gasteiger partial charge is 0.273 e. The van der Waals surface area contributed by atoms with Crippen LogP contribution in [-0.2, 0) is 13.5 Å². The summed E-state index contributed by atoms with van der Waals surface area (Å²) in [6.45, 7) is 0. The Morgan fingerprint density at radius 2 is 2.43 bits per heavy atom. The van der Waals surface area contributed by atoms with E-state index in [4.69, 9.17) is 4.52 Å². The molecule has 6 nitrogen and oxygen atoms in total. The van der Waals surface area contributed by atoms with Crippen LogP contribution in [0, 0.1) is 0 Å². The molecule has 4 rings (SSSR count). The van der Waals surface area contributed by atoms with E-state index in [0.717, 1.165) is 29.7 Å². The highest BCUT2D eigenvalue weighted by Crippen LogP contribution is 2.30. The molecular formula is C16H16N4O2S. The lowest BCUT2D eigenvalue weighted by Gasteiger charge is -2.23. The van der Waals surface area contributed by atoms with Crippen LogP contribution >= 0.6 is 11.3 Å². The number of aromatic nitrogens is 3. The lowest BCUT2D eigenvalue weighted by atomic mass is 9.93. The fourth-order valence-corrected chi connectivity index (χ4v) is 3.68. The molecule has 23 heavy (non-hydrogen) atoms. The Labute approximate surface area is 137 Å². The number of rotatable bonds is 3. The van der Waals surface area contributed by atoms with Crippen molar-refractivity contribution in [3.05, 3.63) is 46.7 Å². The molecule has 0 radical (unpaired) electrons. The molecule has 1 atom stereocenters. The maximum absolute atomic E-state index is 12.5. The average molecular weight is 328 g/mol. The zero-order valence-corrected chi connectivity index (χ0v) is 13.5. The molecule has 1 amide bonds. The van der Waals surface area contributed by atoms with E-state index in [0.29, 0.717) is 11.5 Å². The normalized spacial score (nSPS) is 17.0. The molecule has 0 saturated heterocycles. The second kappa shape index (κ2) is 5.66. The highest BCUT2D eigenvalue weighted by Gasteiger charge is 2.26. The van der Waals surface area contributed by atoms with Gasteiger partial charge in [0, 0.05) is 24.4 Å². The van der Waals surface area contributed by atoms with Gasteiger partial charge in [-0.25, -0.2) is 0 Å². The van der Waals surface area contributed by atoms with E-state index in [1.807, 2.05) is 35.4 Å². The summed E-state index contributed by atoms with van der Waals surface area (Å²) in [5.41, 5.74) is 2.61. The Hall–Kier alpha value is -2.41. The van der Waals surface area contributed by atoms with Gasteiger partial charge in [0.25, 0.3) is 5.91 Å². The van der Waals surface area contributed by atoms with Gasteiger partial charge in [0.2, 0.25) is 0 Å². The lowest BCUT2D eigenvalue weighted by molar-refractivity contribution is 0.0923. The fourth-order valence-electron chi connectivity index (χ4n) is 3.01. The first-order valence-corrected chi connectivity index (χ1v) is 8.42. The predicted octanol–water partition coefficient (Wildman–Crippen LogP) is 2.94. The lowest BCUT2D eigenvalue weighted by Crippen LogP contribution is -2.31. The molecule has 0 aromatic carbocycles. The summed E-state index contributed by atoms with van der Waals surface area (Å²) in [5, 5.41) is 13.2. The van der Waals surface area contributed by atoms with Crippen LogP contribution in [0.5, 0.6) is 0 Å². The van der Waals surface area contributed by atoms with E-state index >= 15 is 0 Å². The molecule has 0 fully saturated rings. The largest absolute Gasteiger partial charge is 0.355 e. The number of thiophene rings is 1. The van der Waals surface area contributed by atoms with Crippen LogP contribution in [0.15, 0.2) is 34.3 Å². The molecule has 1 N–H and O–H groups in total. The minimum atomic E-state index is -0.210. The summed E-state index contributed by atoms with van der Waals surface area (Å²) in [4.78, 5) is 13.4. The number of aryl methyl sites for hydroxylation is 1. The Balaban J connectivity index is 1.53. The fraction of sp³-hybridized carbons (Fsp3) is 0.312. The number of carbonyl (C=O) groups excluding carboxylic acids is 1. The second-order valence-corrected chi connectivity index (χ2v) is 6.59. The number of hydrogen-bond donors (Lipinski definition) is 1. The van der Waals surface area contributed by atoms with Crippen molar-refractivity contribution in [1.82, 2.24) is 20.3 Å². The third-order valence-corrected chi connectivity index (χ3v) is 5.07. The van der Waals surface area contributed by atoms with Crippen LogP contribution in [0.25, 0.3) is 10.6 Å². The van der Waals surface area contributed by atoms with Gasteiger partial charge in [-0.05, 0) is 30.7 Å². The highest BCUT2D eigenvalue weighted by molar-refractivity contribution is 7.13. The first-order chi connectivity index (χ1) is 11.2. The van der Waals surface area contributed by atoms with Crippen LogP contribution in [0.4, 0.5) is 0 Å². The molecule has 0 bridgehead atoms. The Bertz CT molecular complexity index is 834. The maximum Gasteiger partial charge on any atom is 0.273 e. The summed E-state index contributed by atoms with van der Waals surface area (Å²) in [5.74, 6) is 0.411. The van der Waals surface area contributed by atoms with Gasteiger partial charge < -0.3 is 9.84 Å². The van der Waals surface area contributed by atoms with Crippen LogP contribution in [0.1, 0.15) is 40.6 Å². The molecule has 118 valence electrons. The summed E-state index contributed by atoms with van der Waals surface area (Å²) >= 11 is 1.55. The van der Waals surface area contributed by atoms with Gasteiger partial charge in [0.15, 0.2) is 11.5 Å². The Morgan fingerprint density at radius 1 is 1.52 bits per heavy atom. The number of carbonyl (C=O) groups is 1. The van der Waals surface area contributed by atoms with Crippen LogP contribution in [0.3, 0.4) is 0 Å². The maximum atomic E-state index is 12.5. The molecule has 3 heterocycles. The SMILES string of the molecule is Cn1ncc2c1CCC[C@@H]2NC(=O)c1cc(-c2cccs2)on1. The minimum Gasteiger partial charge on any atom is -0.355 e. The highest BCUT2D eigenvalue weighted by atomic mass is 32.1. The van der Waals surface area contributed by atoms with E-state index < -0.39 is 0 Å². The van der Waals surface area contributed by atoms with E-state index in [1.165, 1.54) is 5.69 Å². The molecule has 3 aromatic rings. The first-order valence-electron chi connectivity index (χ1n) is 7.54. The zero-order chi connectivity index (χ0) is 15.8. The van der Waals surface area contributed by atoms with Gasteiger partial charge in [-0.15, -0.1) is 11.3 Å². The predicted molar refractivity (Wildman–Crippen MR) is 86.2 cm³/mol. The van der Waals surface area contributed by atoms with Gasteiger partial charge in [0.1, 0.15) is 0 Å². The van der Waals surface area contributed by atoms with Crippen molar-refractivity contribution in [2.75, 3.05) is 0 Å².